The zero-order valence-corrected chi connectivity index (χ0v) is 10.0. The molecule has 1 aliphatic rings. The largest absolute Gasteiger partial charge is 0.207 e. The van der Waals surface area contributed by atoms with Crippen molar-refractivity contribution in [2.24, 2.45) is 0 Å². The zero-order chi connectivity index (χ0) is 12.7. The molecule has 0 N–H and O–H groups in total. The van der Waals surface area contributed by atoms with E-state index in [0.29, 0.717) is 5.56 Å². The van der Waals surface area contributed by atoms with E-state index in [1.807, 2.05) is 18.2 Å². The maximum absolute atomic E-state index is 13.8. The highest BCUT2D eigenvalue weighted by atomic mass is 19.1. The average molecular weight is 242 g/mol. The van der Waals surface area contributed by atoms with Gasteiger partial charge in [0.1, 0.15) is 11.6 Å². The third-order valence-electron chi connectivity index (χ3n) is 3.28. The molecule has 1 aliphatic carbocycles. The van der Waals surface area contributed by atoms with E-state index in [4.69, 9.17) is 0 Å². The minimum atomic E-state index is -0.546. The van der Waals surface area contributed by atoms with Crippen molar-refractivity contribution in [3.63, 3.8) is 0 Å². The molecule has 0 bridgehead atoms. The zero-order valence-electron chi connectivity index (χ0n) is 10.0. The molecule has 0 saturated carbocycles. The van der Waals surface area contributed by atoms with E-state index in [0.717, 1.165) is 23.6 Å². The van der Waals surface area contributed by atoms with E-state index >= 15 is 0 Å². The summed E-state index contributed by atoms with van der Waals surface area (Å²) in [7, 11) is 0. The maximum atomic E-state index is 13.8. The van der Waals surface area contributed by atoms with Crippen LogP contribution in [0.15, 0.2) is 42.0 Å². The van der Waals surface area contributed by atoms with E-state index in [1.54, 1.807) is 0 Å². The number of rotatable bonds is 1. The van der Waals surface area contributed by atoms with Gasteiger partial charge >= 0.3 is 0 Å². The quantitative estimate of drug-likeness (QED) is 0.686. The lowest BCUT2D eigenvalue weighted by molar-refractivity contribution is 0.585. The summed E-state index contributed by atoms with van der Waals surface area (Å²) in [5.41, 5.74) is 4.82. The second-order valence-corrected chi connectivity index (χ2v) is 4.67. The molecule has 2 aromatic rings. The van der Waals surface area contributed by atoms with E-state index in [9.17, 15) is 8.78 Å². The van der Waals surface area contributed by atoms with Gasteiger partial charge < -0.3 is 0 Å². The Hall–Kier alpha value is -1.96. The Kier molecular flexibility index (Phi) is 2.51. The fraction of sp³-hybridized carbons (Fsp3) is 0.125. The van der Waals surface area contributed by atoms with Crippen LogP contribution < -0.4 is 0 Å². The van der Waals surface area contributed by atoms with Gasteiger partial charge in [0.15, 0.2) is 0 Å². The lowest BCUT2D eigenvalue weighted by atomic mass is 9.97. The van der Waals surface area contributed by atoms with E-state index in [-0.39, 0.29) is 0 Å². The van der Waals surface area contributed by atoms with Crippen LogP contribution in [0.5, 0.6) is 0 Å². The predicted octanol–water partition coefficient (Wildman–Crippen LogP) is 4.59. The summed E-state index contributed by atoms with van der Waals surface area (Å²) in [5.74, 6) is -1.06. The minimum absolute atomic E-state index is 0.458. The van der Waals surface area contributed by atoms with Crippen molar-refractivity contribution in [2.45, 2.75) is 13.3 Å². The molecule has 0 saturated heterocycles. The van der Waals surface area contributed by atoms with Crippen molar-refractivity contribution in [2.75, 3.05) is 0 Å². The Morgan fingerprint density at radius 3 is 2.61 bits per heavy atom. The lowest BCUT2D eigenvalue weighted by Crippen LogP contribution is -1.91. The highest BCUT2D eigenvalue weighted by molar-refractivity contribution is 5.80. The minimum Gasteiger partial charge on any atom is -0.207 e. The molecule has 0 amide bonds. The van der Waals surface area contributed by atoms with Crippen molar-refractivity contribution >= 4 is 6.08 Å². The Labute approximate surface area is 105 Å². The number of allylic oxidation sites excluding steroid dienone is 1. The topological polar surface area (TPSA) is 0 Å². The van der Waals surface area contributed by atoms with E-state index < -0.39 is 11.6 Å². The van der Waals surface area contributed by atoms with Gasteiger partial charge in [0.2, 0.25) is 0 Å². The van der Waals surface area contributed by atoms with Gasteiger partial charge in [0, 0.05) is 11.6 Å². The summed E-state index contributed by atoms with van der Waals surface area (Å²) in [5, 5.41) is 0. The third kappa shape index (κ3) is 1.74. The number of benzene rings is 2. The molecule has 0 aliphatic heterocycles. The monoisotopic (exact) mass is 242 g/mol. The molecule has 90 valence electrons. The second-order valence-electron chi connectivity index (χ2n) is 4.67. The van der Waals surface area contributed by atoms with Gasteiger partial charge in [0.25, 0.3) is 0 Å². The first-order chi connectivity index (χ1) is 8.65. The van der Waals surface area contributed by atoms with Crippen LogP contribution in [-0.2, 0) is 6.42 Å². The number of halogens is 2. The molecule has 2 heteroatoms. The summed E-state index contributed by atoms with van der Waals surface area (Å²) in [4.78, 5) is 0. The summed E-state index contributed by atoms with van der Waals surface area (Å²) in [6, 6.07) is 9.58. The van der Waals surface area contributed by atoms with Gasteiger partial charge in [-0.1, -0.05) is 29.8 Å². The Bertz CT molecular complexity index is 654. The lowest BCUT2D eigenvalue weighted by Gasteiger charge is -2.08. The summed E-state index contributed by atoms with van der Waals surface area (Å²) < 4.78 is 26.8. The van der Waals surface area contributed by atoms with Gasteiger partial charge in [-0.2, -0.15) is 0 Å². The maximum Gasteiger partial charge on any atom is 0.133 e. The van der Waals surface area contributed by atoms with Gasteiger partial charge in [0.05, 0.1) is 0 Å². The summed E-state index contributed by atoms with van der Waals surface area (Å²) in [6.45, 7) is 2.06. The Morgan fingerprint density at radius 1 is 1.00 bits per heavy atom. The Balaban J connectivity index is 2.22. The van der Waals surface area contributed by atoms with Gasteiger partial charge in [-0.3, -0.25) is 0 Å². The molecule has 0 atom stereocenters. The Morgan fingerprint density at radius 2 is 1.83 bits per heavy atom. The molecule has 0 unspecified atom stereocenters. The van der Waals surface area contributed by atoms with Gasteiger partial charge in [-0.05, 0) is 42.2 Å². The van der Waals surface area contributed by atoms with Crippen LogP contribution in [0.3, 0.4) is 0 Å². The second kappa shape index (κ2) is 4.05. The SMILES string of the molecule is CC1=Cc2c(cccc2-c2ccc(F)cc2F)C1. The normalized spacial score (nSPS) is 13.4. The molecule has 0 heterocycles. The molecule has 18 heavy (non-hydrogen) atoms. The average Bonchev–Trinajstić information content (AvgIpc) is 2.69. The molecule has 0 aromatic heterocycles. The van der Waals surface area contributed by atoms with Crippen molar-refractivity contribution < 1.29 is 8.78 Å². The van der Waals surface area contributed by atoms with Crippen LogP contribution in [0.4, 0.5) is 8.78 Å². The molecule has 0 spiro atoms. The molecule has 0 fully saturated rings. The van der Waals surface area contributed by atoms with Crippen LogP contribution in [0.2, 0.25) is 0 Å². The van der Waals surface area contributed by atoms with Crippen LogP contribution >= 0.6 is 0 Å². The fourth-order valence-electron chi connectivity index (χ4n) is 2.48. The fourth-order valence-corrected chi connectivity index (χ4v) is 2.48. The van der Waals surface area contributed by atoms with Crippen LogP contribution in [-0.4, -0.2) is 0 Å². The van der Waals surface area contributed by atoms with Crippen molar-refractivity contribution in [3.8, 4) is 11.1 Å². The first-order valence-electron chi connectivity index (χ1n) is 5.89. The molecule has 2 aromatic carbocycles. The standard InChI is InChI=1S/C16H12F2/c1-10-7-11-3-2-4-13(15(11)8-10)14-6-5-12(17)9-16(14)18/h2-6,8-9H,7H2,1H3. The number of hydrogen-bond donors (Lipinski definition) is 0. The number of hydrogen-bond acceptors (Lipinski definition) is 0. The van der Waals surface area contributed by atoms with Gasteiger partial charge in [-0.15, -0.1) is 0 Å². The summed E-state index contributed by atoms with van der Waals surface area (Å²) >= 11 is 0. The van der Waals surface area contributed by atoms with Crippen LogP contribution in [0, 0.1) is 11.6 Å². The number of fused-ring (bicyclic) bond motifs is 1. The van der Waals surface area contributed by atoms with Crippen molar-refractivity contribution in [1.82, 2.24) is 0 Å². The molecular formula is C16H12F2. The van der Waals surface area contributed by atoms with Crippen LogP contribution in [0.1, 0.15) is 18.1 Å². The summed E-state index contributed by atoms with van der Waals surface area (Å²) in [6.07, 6.45) is 2.99. The molecule has 3 rings (SSSR count). The van der Waals surface area contributed by atoms with Crippen molar-refractivity contribution in [1.29, 1.82) is 0 Å². The predicted molar refractivity (Wildman–Crippen MR) is 69.1 cm³/mol. The van der Waals surface area contributed by atoms with E-state index in [1.165, 1.54) is 23.3 Å². The third-order valence-corrected chi connectivity index (χ3v) is 3.28. The van der Waals surface area contributed by atoms with Crippen molar-refractivity contribution in [3.05, 3.63) is 64.7 Å². The first kappa shape index (κ1) is 11.1. The first-order valence-corrected chi connectivity index (χ1v) is 5.89. The highest BCUT2D eigenvalue weighted by Gasteiger charge is 2.16. The molecule has 0 radical (unpaired) electrons. The van der Waals surface area contributed by atoms with Gasteiger partial charge in [-0.25, -0.2) is 8.78 Å². The van der Waals surface area contributed by atoms with E-state index in [2.05, 4.69) is 13.0 Å². The highest BCUT2D eigenvalue weighted by Crippen LogP contribution is 2.34. The molecular weight excluding hydrogens is 230 g/mol. The smallest absolute Gasteiger partial charge is 0.133 e. The van der Waals surface area contributed by atoms with Crippen LogP contribution in [0.25, 0.3) is 17.2 Å². The molecule has 0 nitrogen and oxygen atoms in total.